The lowest BCUT2D eigenvalue weighted by atomic mass is 9.71. The summed E-state index contributed by atoms with van der Waals surface area (Å²) >= 11 is 1.30. The number of hydrogen-bond acceptors (Lipinski definition) is 17. The summed E-state index contributed by atoms with van der Waals surface area (Å²) in [6.45, 7) is 4.42. The van der Waals surface area contributed by atoms with Crippen molar-refractivity contribution in [2.24, 2.45) is 0 Å². The summed E-state index contributed by atoms with van der Waals surface area (Å²) in [7, 11) is 4.81. The van der Waals surface area contributed by atoms with Crippen LogP contribution in [0.15, 0.2) is 48.5 Å². The molecule has 68 heavy (non-hydrogen) atoms. The molecular weight excluding hydrogens is 899 g/mol. The molecule has 7 aliphatic heterocycles. The number of benzene rings is 4. The van der Waals surface area contributed by atoms with Crippen molar-refractivity contribution in [3.8, 4) is 46.3 Å². The number of ether oxygens (including phenoxy) is 6. The predicted molar refractivity (Wildman–Crippen MR) is 244 cm³/mol. The van der Waals surface area contributed by atoms with Gasteiger partial charge in [-0.25, -0.2) is 4.79 Å². The average molecular weight is 946 g/mol. The summed E-state index contributed by atoms with van der Waals surface area (Å²) in [4.78, 5) is 60.2. The highest BCUT2D eigenvalue weighted by Crippen LogP contribution is 2.65. The first-order valence-corrected chi connectivity index (χ1v) is 23.1. The number of aryl methyl sites for hydroxylation is 1. The molecule has 7 heterocycles. The number of piperazine rings is 1. The monoisotopic (exact) mass is 945 g/mol. The molecule has 0 unspecified atom stereocenters. The molecule has 0 saturated carbocycles. The molecule has 7 aliphatic rings. The number of non-ortho nitro benzene ring substituents is 1. The van der Waals surface area contributed by atoms with Gasteiger partial charge in [0, 0.05) is 71.8 Å². The lowest BCUT2D eigenvalue weighted by molar-refractivity contribution is -0.384. The largest absolute Gasteiger partial charge is 0.504 e. The maximum Gasteiger partial charge on any atom is 0.337 e. The summed E-state index contributed by atoms with van der Waals surface area (Å²) in [5.74, 6) is -1.04. The van der Waals surface area contributed by atoms with Crippen LogP contribution in [-0.2, 0) is 37.5 Å². The van der Waals surface area contributed by atoms with Gasteiger partial charge in [0.25, 0.3) is 5.69 Å². The van der Waals surface area contributed by atoms with Crippen molar-refractivity contribution in [1.29, 1.82) is 5.26 Å². The first-order chi connectivity index (χ1) is 32.6. The molecule has 0 aromatic heterocycles. The van der Waals surface area contributed by atoms with Crippen LogP contribution in [0.5, 0.6) is 40.2 Å². The summed E-state index contributed by atoms with van der Waals surface area (Å²) < 4.78 is 36.5. The lowest BCUT2D eigenvalue weighted by Gasteiger charge is -2.62. The van der Waals surface area contributed by atoms with Crippen LogP contribution in [0.2, 0.25) is 0 Å². The number of phenolic OH excluding ortho intramolecular Hbond substituents is 2. The van der Waals surface area contributed by atoms with E-state index in [4.69, 9.17) is 28.4 Å². The molecule has 18 nitrogen and oxygen atoms in total. The van der Waals surface area contributed by atoms with Gasteiger partial charge in [-0.2, -0.15) is 5.26 Å². The highest BCUT2D eigenvalue weighted by Gasteiger charge is 2.63. The number of esters is 2. The van der Waals surface area contributed by atoms with Gasteiger partial charge in [0.1, 0.15) is 18.4 Å². The Bertz CT molecular complexity index is 2920. The lowest BCUT2D eigenvalue weighted by Crippen LogP contribution is -2.69. The van der Waals surface area contributed by atoms with Gasteiger partial charge in [-0.05, 0) is 91.9 Å². The van der Waals surface area contributed by atoms with Crippen LogP contribution in [0.25, 0.3) is 6.08 Å². The van der Waals surface area contributed by atoms with Crippen LogP contribution in [-0.4, -0.2) is 113 Å². The topological polar surface area (TPSA) is 224 Å². The first kappa shape index (κ1) is 44.8. The third kappa shape index (κ3) is 6.55. The number of methoxy groups -OCH3 is 2. The fourth-order valence-electron chi connectivity index (χ4n) is 11.6. The van der Waals surface area contributed by atoms with Crippen LogP contribution in [0.4, 0.5) is 5.69 Å². The second kappa shape index (κ2) is 16.6. The van der Waals surface area contributed by atoms with E-state index in [1.54, 1.807) is 13.0 Å². The van der Waals surface area contributed by atoms with E-state index in [2.05, 4.69) is 15.9 Å². The van der Waals surface area contributed by atoms with E-state index in [1.165, 1.54) is 80.3 Å². The molecule has 7 atom stereocenters. The minimum atomic E-state index is -1.89. The number of nitro groups is 1. The molecule has 0 radical (unpaired) electrons. The Hall–Kier alpha value is -7.01. The molecule has 2 saturated heterocycles. The number of aromatic hydroxyl groups is 2. The number of fused-ring (bicyclic) bond motifs is 9. The zero-order valence-corrected chi connectivity index (χ0v) is 38.7. The SMILES string of the molecule is COc1cc2c(cc1O)CCN(C(=O)/C=C/c1ccc([N+](=O)[O-])cc1)[C@]21CS[C@@H]2c3c(OC(C)=O)c(C)c4c(c3[C@@H](COC1=O)N1[C@@H]2[C@H]2c3c(cc(C)c(OC)c3O)C[C@@H]([C@@H]1C#N)N2C)OCO4. The van der Waals surface area contributed by atoms with Gasteiger partial charge in [-0.3, -0.25) is 29.5 Å². The molecule has 4 aromatic carbocycles. The molecule has 2 N–H and O–H groups in total. The Balaban J connectivity index is 1.22. The smallest absolute Gasteiger partial charge is 0.337 e. The van der Waals surface area contributed by atoms with Crippen LogP contribution in [0, 0.1) is 35.3 Å². The third-order valence-corrected chi connectivity index (χ3v) is 15.9. The summed E-state index contributed by atoms with van der Waals surface area (Å²) in [6, 6.07) is 9.87. The number of hydrogen-bond donors (Lipinski definition) is 2. The van der Waals surface area contributed by atoms with Gasteiger partial charge >= 0.3 is 11.9 Å². The molecule has 4 aromatic rings. The Morgan fingerprint density at radius 2 is 1.76 bits per heavy atom. The Morgan fingerprint density at radius 1 is 1.01 bits per heavy atom. The Labute approximate surface area is 394 Å². The highest BCUT2D eigenvalue weighted by atomic mass is 32.2. The number of phenols is 2. The van der Waals surface area contributed by atoms with E-state index in [9.17, 15) is 35.2 Å². The van der Waals surface area contributed by atoms with E-state index < -0.39 is 63.8 Å². The second-order valence-electron chi connectivity index (χ2n) is 17.8. The van der Waals surface area contributed by atoms with Crippen LogP contribution in [0.3, 0.4) is 0 Å². The molecule has 1 amide bonds. The van der Waals surface area contributed by atoms with Gasteiger partial charge in [-0.1, -0.05) is 6.07 Å². The maximum atomic E-state index is 15.6. The first-order valence-electron chi connectivity index (χ1n) is 22.0. The van der Waals surface area contributed by atoms with Crippen molar-refractivity contribution in [3.05, 3.63) is 109 Å². The molecule has 352 valence electrons. The molecule has 2 fully saturated rings. The molecule has 4 bridgehead atoms. The second-order valence-corrected chi connectivity index (χ2v) is 18.9. The number of carbonyl (C=O) groups excluding carboxylic acids is 3. The number of nitro benzene ring substituents is 1. The van der Waals surface area contributed by atoms with E-state index in [0.29, 0.717) is 62.6 Å². The minimum Gasteiger partial charge on any atom is -0.504 e. The van der Waals surface area contributed by atoms with Gasteiger partial charge < -0.3 is 43.5 Å². The number of thioether (sulfide) groups is 1. The number of nitriles is 1. The molecule has 11 rings (SSSR count). The van der Waals surface area contributed by atoms with Crippen molar-refractivity contribution in [2.45, 2.75) is 74.6 Å². The van der Waals surface area contributed by atoms with E-state index >= 15 is 4.79 Å². The van der Waals surface area contributed by atoms with Crippen LogP contribution < -0.4 is 23.7 Å². The Morgan fingerprint density at radius 3 is 2.46 bits per heavy atom. The van der Waals surface area contributed by atoms with Crippen LogP contribution in [0.1, 0.15) is 74.3 Å². The zero-order chi connectivity index (χ0) is 48.1. The standard InChI is InChI=1S/C49H47N5O13S/c1-23-15-28-16-31-32(19-50)53-33-20-64-48(59)49(30-18-35(62-5)34(56)17-27(30)13-14-52(49)36(57)12-9-26-7-10-29(11-8-26)54(60)61)21-68-47(41(53)40(51(31)4)37(28)42(58)43(23)63-6)39-38(33)46-45(65-22-66-46)24(2)44(39)67-25(3)55/h7-12,15,17-18,31-33,40-41,47,56,58H,13-14,16,20-22H2,1-6H3/b12-9+/t31-,32-,33+,40+,41+,47+,49+/m0/s1. The summed E-state index contributed by atoms with van der Waals surface area (Å²) in [5.41, 5.74) is 3.18. The number of likely N-dealkylation sites (N-methyl/N-ethyl adjacent to an activating group) is 1. The van der Waals surface area contributed by atoms with E-state index in [0.717, 1.165) is 11.1 Å². The number of rotatable bonds is 6. The molecule has 19 heteroatoms. The minimum absolute atomic E-state index is 0.0124. The fourth-order valence-corrected chi connectivity index (χ4v) is 13.3. The van der Waals surface area contributed by atoms with E-state index in [1.807, 2.05) is 20.0 Å². The van der Waals surface area contributed by atoms with Gasteiger partial charge in [0.05, 0.1) is 42.5 Å². The van der Waals surface area contributed by atoms with Crippen molar-refractivity contribution >= 4 is 41.4 Å². The third-order valence-electron chi connectivity index (χ3n) is 14.4. The van der Waals surface area contributed by atoms with Crippen LogP contribution >= 0.6 is 11.8 Å². The molecule has 1 spiro atoms. The predicted octanol–water partition coefficient (Wildman–Crippen LogP) is 5.85. The summed E-state index contributed by atoms with van der Waals surface area (Å²) in [5, 5.41) is 45.2. The molecular formula is C49H47N5O13S. The normalized spacial score (nSPS) is 25.7. The van der Waals surface area contributed by atoms with Crippen molar-refractivity contribution in [3.63, 3.8) is 0 Å². The van der Waals surface area contributed by atoms with E-state index in [-0.39, 0.29) is 60.8 Å². The van der Waals surface area contributed by atoms with Gasteiger partial charge in [0.2, 0.25) is 12.7 Å². The van der Waals surface area contributed by atoms with Gasteiger partial charge in [0.15, 0.2) is 40.0 Å². The van der Waals surface area contributed by atoms with Gasteiger partial charge in [-0.15, -0.1) is 11.8 Å². The quantitative estimate of drug-likeness (QED) is 0.0761. The summed E-state index contributed by atoms with van der Waals surface area (Å²) in [6.07, 6.45) is 3.46. The zero-order valence-electron chi connectivity index (χ0n) is 37.9. The van der Waals surface area contributed by atoms with Crippen molar-refractivity contribution in [1.82, 2.24) is 14.7 Å². The highest BCUT2D eigenvalue weighted by molar-refractivity contribution is 7.99. The Kier molecular flexibility index (Phi) is 11.0. The number of amides is 1. The van der Waals surface area contributed by atoms with Crippen molar-refractivity contribution < 1.29 is 57.9 Å². The average Bonchev–Trinajstić information content (AvgIpc) is 3.81. The number of nitrogens with zero attached hydrogens (tertiary/aromatic N) is 5. The maximum absolute atomic E-state index is 15.6. The number of carbonyl (C=O) groups is 3. The van der Waals surface area contributed by atoms with Crippen molar-refractivity contribution in [2.75, 3.05) is 47.0 Å². The molecule has 0 aliphatic carbocycles. The fraction of sp³-hybridized carbons (Fsp3) is 0.388.